The lowest BCUT2D eigenvalue weighted by Gasteiger charge is -2.37. The molecule has 0 bridgehead atoms. The summed E-state index contributed by atoms with van der Waals surface area (Å²) in [7, 11) is 0. The van der Waals surface area contributed by atoms with Crippen molar-refractivity contribution in [1.82, 2.24) is 15.1 Å². The van der Waals surface area contributed by atoms with E-state index in [4.69, 9.17) is 19.2 Å². The molecule has 1 aromatic rings. The van der Waals surface area contributed by atoms with Crippen molar-refractivity contribution in [3.63, 3.8) is 0 Å². The Labute approximate surface area is 180 Å². The Morgan fingerprint density at radius 1 is 1.00 bits per heavy atom. The second-order valence-electron chi connectivity index (χ2n) is 8.28. The molecule has 1 aromatic carbocycles. The molecule has 0 radical (unpaired) electrons. The van der Waals surface area contributed by atoms with Gasteiger partial charge in [0.15, 0.2) is 5.96 Å². The van der Waals surface area contributed by atoms with Crippen LogP contribution in [0.15, 0.2) is 29.3 Å². The van der Waals surface area contributed by atoms with Gasteiger partial charge in [0, 0.05) is 45.9 Å². The van der Waals surface area contributed by atoms with E-state index < -0.39 is 0 Å². The number of ether oxygens (including phenoxy) is 3. The molecule has 0 spiro atoms. The van der Waals surface area contributed by atoms with Crippen molar-refractivity contribution in [3.8, 4) is 0 Å². The number of hydrogen-bond donors (Lipinski definition) is 1. The van der Waals surface area contributed by atoms with Gasteiger partial charge in [0.2, 0.25) is 0 Å². The topological polar surface area (TPSA) is 58.6 Å². The Balaban J connectivity index is 1.33. The van der Waals surface area contributed by atoms with Gasteiger partial charge >= 0.3 is 0 Å². The summed E-state index contributed by atoms with van der Waals surface area (Å²) in [6, 6.07) is 8.87. The minimum absolute atomic E-state index is 0.143. The molecule has 0 amide bonds. The summed E-state index contributed by atoms with van der Waals surface area (Å²) >= 11 is 0. The minimum atomic E-state index is 0.143. The van der Waals surface area contributed by atoms with E-state index in [0.717, 1.165) is 84.5 Å². The van der Waals surface area contributed by atoms with Crippen LogP contribution >= 0.6 is 0 Å². The molecule has 2 unspecified atom stereocenters. The fraction of sp³-hybridized carbons (Fsp3) is 0.696. The van der Waals surface area contributed by atoms with Crippen molar-refractivity contribution in [1.29, 1.82) is 0 Å². The summed E-state index contributed by atoms with van der Waals surface area (Å²) in [4.78, 5) is 9.69. The van der Waals surface area contributed by atoms with Gasteiger partial charge in [0.25, 0.3) is 0 Å². The van der Waals surface area contributed by atoms with E-state index >= 15 is 0 Å². The van der Waals surface area contributed by atoms with E-state index in [2.05, 4.69) is 46.3 Å². The highest BCUT2D eigenvalue weighted by Crippen LogP contribution is 2.21. The molecule has 4 rings (SSSR count). The second kappa shape index (κ2) is 11.1. The van der Waals surface area contributed by atoms with E-state index in [9.17, 15) is 0 Å². The molecule has 166 valence electrons. The molecule has 7 heteroatoms. The van der Waals surface area contributed by atoms with E-state index in [-0.39, 0.29) is 12.2 Å². The third-order valence-electron chi connectivity index (χ3n) is 6.05. The predicted molar refractivity (Wildman–Crippen MR) is 118 cm³/mol. The first-order chi connectivity index (χ1) is 14.8. The normalized spacial score (nSPS) is 26.2. The molecule has 1 N–H and O–H groups in total. The van der Waals surface area contributed by atoms with Crippen LogP contribution < -0.4 is 5.32 Å². The first-order valence-corrected chi connectivity index (χ1v) is 11.5. The van der Waals surface area contributed by atoms with Crippen LogP contribution in [-0.2, 0) is 27.3 Å². The maximum Gasteiger partial charge on any atom is 0.194 e. The molecule has 3 heterocycles. The summed E-state index contributed by atoms with van der Waals surface area (Å²) in [5.74, 6) is 0.973. The first-order valence-electron chi connectivity index (χ1n) is 11.5. The maximum absolute atomic E-state index is 6.00. The number of rotatable bonds is 6. The molecular weight excluding hydrogens is 380 g/mol. The summed E-state index contributed by atoms with van der Waals surface area (Å²) in [5.41, 5.74) is 2.59. The molecular formula is C23H36N4O3. The Hall–Kier alpha value is -1.67. The first kappa shape index (κ1) is 21.6. The molecule has 30 heavy (non-hydrogen) atoms. The number of benzene rings is 1. The minimum Gasteiger partial charge on any atom is -0.379 e. The second-order valence-corrected chi connectivity index (χ2v) is 8.28. The largest absolute Gasteiger partial charge is 0.379 e. The number of hydrogen-bond acceptors (Lipinski definition) is 5. The van der Waals surface area contributed by atoms with E-state index in [1.54, 1.807) is 0 Å². The smallest absolute Gasteiger partial charge is 0.194 e. The Morgan fingerprint density at radius 2 is 1.77 bits per heavy atom. The number of morpholine rings is 2. The van der Waals surface area contributed by atoms with Gasteiger partial charge in [0.1, 0.15) is 6.10 Å². The molecule has 0 saturated carbocycles. The summed E-state index contributed by atoms with van der Waals surface area (Å²) in [6.45, 7) is 11.7. The third kappa shape index (κ3) is 5.94. The standard InChI is InChI=1S/C23H36N4O3/c1-2-24-23(27-11-15-30-22(18-27)21-4-3-12-29-21)25-16-19-5-7-20(8-6-19)17-26-9-13-28-14-10-26/h5-8,21-22H,2-4,9-18H2,1H3,(H,24,25). The molecule has 2 atom stereocenters. The third-order valence-corrected chi connectivity index (χ3v) is 6.05. The van der Waals surface area contributed by atoms with Gasteiger partial charge in [-0.05, 0) is 30.9 Å². The highest BCUT2D eigenvalue weighted by atomic mass is 16.5. The average Bonchev–Trinajstić information content (AvgIpc) is 3.34. The van der Waals surface area contributed by atoms with Crippen LogP contribution in [0.5, 0.6) is 0 Å². The van der Waals surface area contributed by atoms with Gasteiger partial charge in [0.05, 0.1) is 32.5 Å². The maximum atomic E-state index is 6.00. The SMILES string of the molecule is CCNC(=NCc1ccc(CN2CCOCC2)cc1)N1CCOC(C2CCCO2)C1. The van der Waals surface area contributed by atoms with E-state index in [1.165, 1.54) is 11.1 Å². The lowest BCUT2D eigenvalue weighted by Crippen LogP contribution is -2.53. The Morgan fingerprint density at radius 3 is 2.50 bits per heavy atom. The predicted octanol–water partition coefficient (Wildman–Crippen LogP) is 1.86. The molecule has 3 aliphatic heterocycles. The van der Waals surface area contributed by atoms with Crippen LogP contribution in [-0.4, -0.2) is 87.1 Å². The number of guanidine groups is 1. The van der Waals surface area contributed by atoms with Crippen molar-refractivity contribution in [2.24, 2.45) is 4.99 Å². The average molecular weight is 417 g/mol. The van der Waals surface area contributed by atoms with Crippen LogP contribution in [0.3, 0.4) is 0 Å². The zero-order valence-corrected chi connectivity index (χ0v) is 18.2. The van der Waals surface area contributed by atoms with Gasteiger partial charge < -0.3 is 24.4 Å². The van der Waals surface area contributed by atoms with Crippen LogP contribution in [0.25, 0.3) is 0 Å². The summed E-state index contributed by atoms with van der Waals surface area (Å²) in [5, 5.41) is 3.46. The van der Waals surface area contributed by atoms with Gasteiger partial charge in [-0.3, -0.25) is 4.90 Å². The Bertz CT molecular complexity index is 670. The highest BCUT2D eigenvalue weighted by Gasteiger charge is 2.32. The lowest BCUT2D eigenvalue weighted by atomic mass is 10.1. The van der Waals surface area contributed by atoms with Crippen molar-refractivity contribution in [2.45, 2.75) is 45.1 Å². The molecule has 3 saturated heterocycles. The molecule has 0 aliphatic carbocycles. The number of nitrogens with one attached hydrogen (secondary N) is 1. The van der Waals surface area contributed by atoms with Crippen LogP contribution in [0.1, 0.15) is 30.9 Å². The monoisotopic (exact) mass is 416 g/mol. The highest BCUT2D eigenvalue weighted by molar-refractivity contribution is 5.80. The van der Waals surface area contributed by atoms with E-state index in [0.29, 0.717) is 6.54 Å². The number of aliphatic imine (C=N–C) groups is 1. The van der Waals surface area contributed by atoms with Gasteiger partial charge in [-0.2, -0.15) is 0 Å². The molecule has 0 aromatic heterocycles. The quantitative estimate of drug-likeness (QED) is 0.564. The molecule has 3 fully saturated rings. The van der Waals surface area contributed by atoms with Crippen molar-refractivity contribution >= 4 is 5.96 Å². The van der Waals surface area contributed by atoms with Crippen LogP contribution in [0.4, 0.5) is 0 Å². The van der Waals surface area contributed by atoms with E-state index in [1.807, 2.05) is 0 Å². The fourth-order valence-electron chi connectivity index (χ4n) is 4.35. The van der Waals surface area contributed by atoms with Crippen molar-refractivity contribution < 1.29 is 14.2 Å². The van der Waals surface area contributed by atoms with Crippen LogP contribution in [0, 0.1) is 0 Å². The number of nitrogens with zero attached hydrogens (tertiary/aromatic N) is 3. The van der Waals surface area contributed by atoms with Crippen molar-refractivity contribution in [2.75, 3.05) is 59.2 Å². The lowest BCUT2D eigenvalue weighted by molar-refractivity contribution is -0.0817. The summed E-state index contributed by atoms with van der Waals surface area (Å²) < 4.78 is 17.3. The van der Waals surface area contributed by atoms with Gasteiger partial charge in [-0.15, -0.1) is 0 Å². The molecule has 3 aliphatic rings. The zero-order chi connectivity index (χ0) is 20.6. The van der Waals surface area contributed by atoms with Crippen LogP contribution in [0.2, 0.25) is 0 Å². The Kier molecular flexibility index (Phi) is 7.97. The van der Waals surface area contributed by atoms with Gasteiger partial charge in [-0.25, -0.2) is 4.99 Å². The molecule has 7 nitrogen and oxygen atoms in total. The zero-order valence-electron chi connectivity index (χ0n) is 18.2. The summed E-state index contributed by atoms with van der Waals surface area (Å²) in [6.07, 6.45) is 2.61. The van der Waals surface area contributed by atoms with Crippen molar-refractivity contribution in [3.05, 3.63) is 35.4 Å². The fourth-order valence-corrected chi connectivity index (χ4v) is 4.35. The van der Waals surface area contributed by atoms with Gasteiger partial charge in [-0.1, -0.05) is 24.3 Å².